The van der Waals surface area contributed by atoms with Crippen LogP contribution in [0.25, 0.3) is 0 Å². The highest BCUT2D eigenvalue weighted by molar-refractivity contribution is 5.80. The van der Waals surface area contributed by atoms with Crippen molar-refractivity contribution in [3.63, 3.8) is 0 Å². The lowest BCUT2D eigenvalue weighted by Gasteiger charge is -2.22. The molecule has 1 aliphatic rings. The van der Waals surface area contributed by atoms with Gasteiger partial charge in [-0.3, -0.25) is 4.79 Å². The first-order valence-electron chi connectivity index (χ1n) is 5.92. The predicted octanol–water partition coefficient (Wildman–Crippen LogP) is 1.18. The van der Waals surface area contributed by atoms with E-state index in [9.17, 15) is 9.59 Å². The second-order valence-electron chi connectivity index (χ2n) is 3.97. The second-order valence-corrected chi connectivity index (χ2v) is 3.97. The van der Waals surface area contributed by atoms with Gasteiger partial charge < -0.3 is 15.4 Å². The fourth-order valence-electron chi connectivity index (χ4n) is 1.85. The van der Waals surface area contributed by atoms with E-state index in [4.69, 9.17) is 4.74 Å². The summed E-state index contributed by atoms with van der Waals surface area (Å²) in [7, 11) is 0. The third-order valence-corrected chi connectivity index (χ3v) is 2.64. The van der Waals surface area contributed by atoms with Gasteiger partial charge >= 0.3 is 12.0 Å². The van der Waals surface area contributed by atoms with Gasteiger partial charge in [0.2, 0.25) is 0 Å². The van der Waals surface area contributed by atoms with Crippen molar-refractivity contribution in [2.75, 3.05) is 13.2 Å². The molecular weight excluding hydrogens is 208 g/mol. The molecule has 0 unspecified atom stereocenters. The maximum atomic E-state index is 11.4. The number of carbonyl (C=O) groups is 2. The lowest BCUT2D eigenvalue weighted by Crippen LogP contribution is -2.44. The number of nitrogens with one attached hydrogen (secondary N) is 2. The molecular formula is C11H20N2O3. The maximum Gasteiger partial charge on any atom is 0.325 e. The van der Waals surface area contributed by atoms with Crippen LogP contribution in [0, 0.1) is 0 Å². The molecule has 5 nitrogen and oxygen atoms in total. The summed E-state index contributed by atoms with van der Waals surface area (Å²) in [6.45, 7) is 2.01. The lowest BCUT2D eigenvalue weighted by atomic mass is 9.96. The van der Waals surface area contributed by atoms with Gasteiger partial charge in [0, 0.05) is 6.04 Å². The number of hydrogen-bond donors (Lipinski definition) is 2. The van der Waals surface area contributed by atoms with E-state index in [-0.39, 0.29) is 18.6 Å². The molecule has 0 atom stereocenters. The van der Waals surface area contributed by atoms with Gasteiger partial charge in [-0.25, -0.2) is 4.79 Å². The Morgan fingerprint density at radius 1 is 1.25 bits per heavy atom. The summed E-state index contributed by atoms with van der Waals surface area (Å²) in [6, 6.07) is -0.0177. The van der Waals surface area contributed by atoms with Crippen LogP contribution in [0.1, 0.15) is 39.0 Å². The second kappa shape index (κ2) is 7.09. The predicted molar refractivity (Wildman–Crippen MR) is 60.0 cm³/mol. The molecule has 0 aromatic heterocycles. The van der Waals surface area contributed by atoms with Crippen LogP contribution in [0.5, 0.6) is 0 Å². The molecule has 0 heterocycles. The molecule has 0 saturated heterocycles. The molecule has 5 heteroatoms. The Bertz CT molecular complexity index is 237. The van der Waals surface area contributed by atoms with E-state index < -0.39 is 5.97 Å². The fourth-order valence-corrected chi connectivity index (χ4v) is 1.85. The molecule has 2 amide bonds. The van der Waals surface area contributed by atoms with E-state index in [0.717, 1.165) is 12.8 Å². The topological polar surface area (TPSA) is 67.4 Å². The average Bonchev–Trinajstić information content (AvgIpc) is 2.28. The molecule has 2 N–H and O–H groups in total. The van der Waals surface area contributed by atoms with Gasteiger partial charge in [-0.2, -0.15) is 0 Å². The normalized spacial score (nSPS) is 16.6. The SMILES string of the molecule is CCOC(=O)CNC(=O)NC1CCCCC1. The summed E-state index contributed by atoms with van der Waals surface area (Å²) in [5.41, 5.74) is 0. The minimum absolute atomic E-state index is 0.0631. The van der Waals surface area contributed by atoms with E-state index in [1.165, 1.54) is 19.3 Å². The Hall–Kier alpha value is -1.26. The third-order valence-electron chi connectivity index (χ3n) is 2.64. The van der Waals surface area contributed by atoms with Crippen LogP contribution in [0.3, 0.4) is 0 Å². The molecule has 1 fully saturated rings. The summed E-state index contributed by atoms with van der Waals surface area (Å²) in [4.78, 5) is 22.4. The van der Waals surface area contributed by atoms with Gasteiger partial charge in [-0.1, -0.05) is 19.3 Å². The van der Waals surface area contributed by atoms with Crippen molar-refractivity contribution in [1.29, 1.82) is 0 Å². The van der Waals surface area contributed by atoms with Crippen molar-refractivity contribution < 1.29 is 14.3 Å². The molecule has 16 heavy (non-hydrogen) atoms. The number of ether oxygens (including phenoxy) is 1. The summed E-state index contributed by atoms with van der Waals surface area (Å²) in [6.07, 6.45) is 5.66. The molecule has 0 radical (unpaired) electrons. The van der Waals surface area contributed by atoms with Gasteiger partial charge in [-0.15, -0.1) is 0 Å². The van der Waals surface area contributed by atoms with E-state index in [0.29, 0.717) is 6.61 Å². The summed E-state index contributed by atoms with van der Waals surface area (Å²) in [5.74, 6) is -0.402. The van der Waals surface area contributed by atoms with Crippen molar-refractivity contribution in [2.45, 2.75) is 45.1 Å². The largest absolute Gasteiger partial charge is 0.465 e. The zero-order chi connectivity index (χ0) is 11.8. The van der Waals surface area contributed by atoms with Gasteiger partial charge in [-0.05, 0) is 19.8 Å². The Balaban J connectivity index is 2.12. The van der Waals surface area contributed by atoms with Gasteiger partial charge in [0.1, 0.15) is 6.54 Å². The minimum atomic E-state index is -0.402. The van der Waals surface area contributed by atoms with Crippen LogP contribution < -0.4 is 10.6 Å². The average molecular weight is 228 g/mol. The molecule has 1 aliphatic carbocycles. The zero-order valence-electron chi connectivity index (χ0n) is 9.75. The fraction of sp³-hybridized carbons (Fsp3) is 0.818. The number of esters is 1. The molecule has 1 rings (SSSR count). The first kappa shape index (κ1) is 12.8. The Labute approximate surface area is 95.9 Å². The van der Waals surface area contributed by atoms with Crippen LogP contribution >= 0.6 is 0 Å². The van der Waals surface area contributed by atoms with Crippen molar-refractivity contribution in [3.8, 4) is 0 Å². The maximum absolute atomic E-state index is 11.4. The quantitative estimate of drug-likeness (QED) is 0.710. The monoisotopic (exact) mass is 228 g/mol. The number of hydrogen-bond acceptors (Lipinski definition) is 3. The number of urea groups is 1. The lowest BCUT2D eigenvalue weighted by molar-refractivity contribution is -0.141. The van der Waals surface area contributed by atoms with Crippen LogP contribution in [0.15, 0.2) is 0 Å². The number of carbonyl (C=O) groups excluding carboxylic acids is 2. The standard InChI is InChI=1S/C11H20N2O3/c1-2-16-10(14)8-12-11(15)13-9-6-4-3-5-7-9/h9H,2-8H2,1H3,(H2,12,13,15). The van der Waals surface area contributed by atoms with Crippen LogP contribution in [-0.2, 0) is 9.53 Å². The van der Waals surface area contributed by atoms with Crippen LogP contribution in [-0.4, -0.2) is 31.2 Å². The highest BCUT2D eigenvalue weighted by Gasteiger charge is 2.15. The highest BCUT2D eigenvalue weighted by atomic mass is 16.5. The number of rotatable bonds is 4. The van der Waals surface area contributed by atoms with Crippen molar-refractivity contribution in [3.05, 3.63) is 0 Å². The van der Waals surface area contributed by atoms with Crippen molar-refractivity contribution >= 4 is 12.0 Å². The minimum Gasteiger partial charge on any atom is -0.465 e. The van der Waals surface area contributed by atoms with Gasteiger partial charge in [0.05, 0.1) is 6.61 Å². The third kappa shape index (κ3) is 5.00. The van der Waals surface area contributed by atoms with E-state index in [1.54, 1.807) is 6.92 Å². The van der Waals surface area contributed by atoms with Gasteiger partial charge in [0.25, 0.3) is 0 Å². The Morgan fingerprint density at radius 3 is 2.56 bits per heavy atom. The first-order chi connectivity index (χ1) is 7.72. The van der Waals surface area contributed by atoms with Crippen LogP contribution in [0.2, 0.25) is 0 Å². The van der Waals surface area contributed by atoms with Crippen molar-refractivity contribution in [1.82, 2.24) is 10.6 Å². The molecule has 0 aromatic carbocycles. The first-order valence-corrected chi connectivity index (χ1v) is 5.92. The molecule has 0 aliphatic heterocycles. The Kier molecular flexibility index (Phi) is 5.67. The summed E-state index contributed by atoms with van der Waals surface area (Å²) in [5, 5.41) is 5.35. The van der Waals surface area contributed by atoms with Crippen LogP contribution in [0.4, 0.5) is 4.79 Å². The van der Waals surface area contributed by atoms with Gasteiger partial charge in [0.15, 0.2) is 0 Å². The zero-order valence-corrected chi connectivity index (χ0v) is 9.75. The smallest absolute Gasteiger partial charge is 0.325 e. The molecule has 92 valence electrons. The highest BCUT2D eigenvalue weighted by Crippen LogP contribution is 2.16. The summed E-state index contributed by atoms with van der Waals surface area (Å²) >= 11 is 0. The summed E-state index contributed by atoms with van der Waals surface area (Å²) < 4.78 is 4.70. The van der Waals surface area contributed by atoms with E-state index >= 15 is 0 Å². The van der Waals surface area contributed by atoms with Crippen molar-refractivity contribution in [2.24, 2.45) is 0 Å². The van der Waals surface area contributed by atoms with E-state index in [2.05, 4.69) is 10.6 Å². The molecule has 0 spiro atoms. The molecule has 0 bridgehead atoms. The molecule has 1 saturated carbocycles. The van der Waals surface area contributed by atoms with E-state index in [1.807, 2.05) is 0 Å². The molecule has 0 aromatic rings. The number of amides is 2. The Morgan fingerprint density at radius 2 is 1.94 bits per heavy atom.